The monoisotopic (exact) mass is 232 g/mol. The molecule has 0 aromatic carbocycles. The highest BCUT2D eigenvalue weighted by molar-refractivity contribution is 5.65. The van der Waals surface area contributed by atoms with E-state index in [0.29, 0.717) is 12.5 Å². The molecule has 0 radical (unpaired) electrons. The molecular weight excluding hydrogens is 208 g/mol. The lowest BCUT2D eigenvalue weighted by Gasteiger charge is -2.19. The molecule has 5 heteroatoms. The summed E-state index contributed by atoms with van der Waals surface area (Å²) in [6.45, 7) is 7.79. The molecule has 1 saturated heterocycles. The molecule has 0 aromatic rings. The van der Waals surface area contributed by atoms with E-state index in [1.807, 2.05) is 0 Å². The smallest absolute Gasteiger partial charge is 0.405 e. The minimum Gasteiger partial charge on any atom is -0.444 e. The Hall–Kier alpha value is -0.810. The minimum absolute atomic E-state index is 0.354. The largest absolute Gasteiger partial charge is 0.444 e. The Bertz CT molecular complexity index is 196. The summed E-state index contributed by atoms with van der Waals surface area (Å²) in [6.07, 6.45) is 1.70. The van der Waals surface area contributed by atoms with Crippen LogP contribution in [0.1, 0.15) is 33.6 Å². The highest BCUT2D eigenvalue weighted by Crippen LogP contribution is 2.07. The van der Waals surface area contributed by atoms with E-state index in [1.165, 1.54) is 12.8 Å². The van der Waals surface area contributed by atoms with E-state index < -0.39 is 11.7 Å². The summed E-state index contributed by atoms with van der Waals surface area (Å²) >= 11 is 0. The molecule has 4 N–H and O–H groups in total. The molecule has 1 aliphatic heterocycles. The summed E-state index contributed by atoms with van der Waals surface area (Å²) in [4.78, 5) is 10.0. The first-order valence-corrected chi connectivity index (χ1v) is 5.65. The van der Waals surface area contributed by atoms with Gasteiger partial charge in [-0.1, -0.05) is 0 Å². The van der Waals surface area contributed by atoms with Gasteiger partial charge in [-0.15, -0.1) is 0 Å². The molecule has 1 atom stereocenters. The van der Waals surface area contributed by atoms with Crippen molar-refractivity contribution in [3.63, 3.8) is 0 Å². The van der Waals surface area contributed by atoms with Gasteiger partial charge in [-0.2, -0.15) is 0 Å². The van der Waals surface area contributed by atoms with Crippen LogP contribution < -0.4 is 11.1 Å². The Morgan fingerprint density at radius 2 is 2.19 bits per heavy atom. The lowest BCUT2D eigenvalue weighted by molar-refractivity contribution is 0.0600. The van der Waals surface area contributed by atoms with Crippen LogP contribution >= 0.6 is 0 Å². The molecular formula is C11H24N2O3. The second-order valence-corrected chi connectivity index (χ2v) is 4.93. The van der Waals surface area contributed by atoms with Crippen molar-refractivity contribution in [1.29, 1.82) is 0 Å². The number of nitrogens with one attached hydrogen (secondary N) is 1. The van der Waals surface area contributed by atoms with Crippen molar-refractivity contribution in [3.05, 3.63) is 0 Å². The topological polar surface area (TPSA) is 84.6 Å². The zero-order chi connectivity index (χ0) is 12.6. The zero-order valence-electron chi connectivity index (χ0n) is 10.5. The van der Waals surface area contributed by atoms with E-state index in [-0.39, 0.29) is 0 Å². The number of aliphatic hydroxyl groups is 1. The van der Waals surface area contributed by atoms with Crippen molar-refractivity contribution in [1.82, 2.24) is 5.32 Å². The van der Waals surface area contributed by atoms with Gasteiger partial charge in [-0.3, -0.25) is 0 Å². The SMILES string of the molecule is CC(C)(C)OC(N)=O.OCC1CCCNC1. The zero-order valence-corrected chi connectivity index (χ0v) is 10.5. The number of aliphatic hydroxyl groups excluding tert-OH is 1. The number of hydrogen-bond acceptors (Lipinski definition) is 4. The van der Waals surface area contributed by atoms with E-state index in [0.717, 1.165) is 13.1 Å². The van der Waals surface area contributed by atoms with Gasteiger partial charge < -0.3 is 20.9 Å². The first-order valence-electron chi connectivity index (χ1n) is 5.65. The molecule has 0 spiro atoms. The quantitative estimate of drug-likeness (QED) is 0.626. The van der Waals surface area contributed by atoms with E-state index in [9.17, 15) is 4.79 Å². The Balaban J connectivity index is 0.000000281. The summed E-state index contributed by atoms with van der Waals surface area (Å²) in [5, 5.41) is 11.9. The van der Waals surface area contributed by atoms with E-state index in [2.05, 4.69) is 10.1 Å². The predicted molar refractivity (Wildman–Crippen MR) is 63.1 cm³/mol. The van der Waals surface area contributed by atoms with E-state index in [4.69, 9.17) is 10.8 Å². The molecule has 0 bridgehead atoms. The predicted octanol–water partition coefficient (Wildman–Crippen LogP) is 0.859. The average molecular weight is 232 g/mol. The number of nitrogens with two attached hydrogens (primary N) is 1. The van der Waals surface area contributed by atoms with Gasteiger partial charge in [-0.25, -0.2) is 4.79 Å². The molecule has 0 aromatic heterocycles. The first kappa shape index (κ1) is 15.2. The van der Waals surface area contributed by atoms with Crippen molar-refractivity contribution >= 4 is 6.09 Å². The van der Waals surface area contributed by atoms with Crippen molar-refractivity contribution in [2.75, 3.05) is 19.7 Å². The second-order valence-electron chi connectivity index (χ2n) is 4.93. The summed E-state index contributed by atoms with van der Waals surface area (Å²) in [5.74, 6) is 0.531. The molecule has 16 heavy (non-hydrogen) atoms. The number of ether oxygens (including phenoxy) is 1. The van der Waals surface area contributed by atoms with Crippen LogP contribution in [0.5, 0.6) is 0 Å². The third-order valence-corrected chi connectivity index (χ3v) is 2.06. The first-order chi connectivity index (χ1) is 7.35. The van der Waals surface area contributed by atoms with E-state index in [1.54, 1.807) is 20.8 Å². The molecule has 1 fully saturated rings. The fourth-order valence-electron chi connectivity index (χ4n) is 1.38. The van der Waals surface area contributed by atoms with Gasteiger partial charge in [0.25, 0.3) is 0 Å². The van der Waals surface area contributed by atoms with Gasteiger partial charge in [-0.05, 0) is 46.1 Å². The maximum atomic E-state index is 10.0. The van der Waals surface area contributed by atoms with Gasteiger partial charge >= 0.3 is 6.09 Å². The average Bonchev–Trinajstić information content (AvgIpc) is 2.16. The van der Waals surface area contributed by atoms with Gasteiger partial charge in [0.2, 0.25) is 0 Å². The summed E-state index contributed by atoms with van der Waals surface area (Å²) < 4.78 is 4.58. The third kappa shape index (κ3) is 9.73. The van der Waals surface area contributed by atoms with Crippen molar-refractivity contribution in [3.8, 4) is 0 Å². The van der Waals surface area contributed by atoms with Crippen LogP contribution in [-0.2, 0) is 4.74 Å². The number of carbonyl (C=O) groups is 1. The number of piperidine rings is 1. The van der Waals surface area contributed by atoms with Crippen molar-refractivity contribution < 1.29 is 14.6 Å². The minimum atomic E-state index is -0.725. The van der Waals surface area contributed by atoms with E-state index >= 15 is 0 Å². The van der Waals surface area contributed by atoms with Crippen LogP contribution in [0.4, 0.5) is 4.79 Å². The van der Waals surface area contributed by atoms with Crippen molar-refractivity contribution in [2.45, 2.75) is 39.2 Å². The van der Waals surface area contributed by atoms with Crippen LogP contribution in [0, 0.1) is 5.92 Å². The fourth-order valence-corrected chi connectivity index (χ4v) is 1.38. The Kier molecular flexibility index (Phi) is 7.08. The third-order valence-electron chi connectivity index (χ3n) is 2.06. The molecule has 96 valence electrons. The molecule has 1 unspecified atom stereocenters. The van der Waals surface area contributed by atoms with Gasteiger partial charge in [0.05, 0.1) is 0 Å². The number of carbonyl (C=O) groups excluding carboxylic acids is 1. The molecule has 1 rings (SSSR count). The Labute approximate surface area is 97.3 Å². The lowest BCUT2D eigenvalue weighted by Crippen LogP contribution is -2.31. The number of rotatable bonds is 1. The number of hydrogen-bond donors (Lipinski definition) is 3. The fraction of sp³-hybridized carbons (Fsp3) is 0.909. The Morgan fingerprint density at radius 1 is 1.56 bits per heavy atom. The maximum absolute atomic E-state index is 10.0. The normalized spacial score (nSPS) is 20.6. The number of primary amides is 1. The number of amides is 1. The molecule has 0 aliphatic carbocycles. The highest BCUT2D eigenvalue weighted by Gasteiger charge is 2.12. The summed E-state index contributed by atoms with van der Waals surface area (Å²) in [5.41, 5.74) is 4.26. The lowest BCUT2D eigenvalue weighted by atomic mass is 10.0. The molecule has 1 amide bonds. The van der Waals surface area contributed by atoms with Gasteiger partial charge in [0.15, 0.2) is 0 Å². The highest BCUT2D eigenvalue weighted by atomic mass is 16.6. The van der Waals surface area contributed by atoms with Crippen LogP contribution in [0.15, 0.2) is 0 Å². The molecule has 1 aliphatic rings. The standard InChI is InChI=1S/C6H13NO.C5H11NO2/c8-5-6-2-1-3-7-4-6;1-5(2,3)8-4(6)7/h6-8H,1-5H2;1-3H3,(H2,6,7). The van der Waals surface area contributed by atoms with Crippen LogP contribution in [0.3, 0.4) is 0 Å². The van der Waals surface area contributed by atoms with Crippen LogP contribution in [-0.4, -0.2) is 36.5 Å². The molecule has 1 heterocycles. The maximum Gasteiger partial charge on any atom is 0.405 e. The van der Waals surface area contributed by atoms with Crippen LogP contribution in [0.2, 0.25) is 0 Å². The Morgan fingerprint density at radius 3 is 2.38 bits per heavy atom. The van der Waals surface area contributed by atoms with Gasteiger partial charge in [0, 0.05) is 13.2 Å². The van der Waals surface area contributed by atoms with Gasteiger partial charge in [0.1, 0.15) is 5.60 Å². The molecule has 0 saturated carbocycles. The molecule has 5 nitrogen and oxygen atoms in total. The summed E-state index contributed by atoms with van der Waals surface area (Å²) in [6, 6.07) is 0. The summed E-state index contributed by atoms with van der Waals surface area (Å²) in [7, 11) is 0. The van der Waals surface area contributed by atoms with Crippen molar-refractivity contribution in [2.24, 2.45) is 11.7 Å². The van der Waals surface area contributed by atoms with Crippen LogP contribution in [0.25, 0.3) is 0 Å². The second kappa shape index (κ2) is 7.46.